The van der Waals surface area contributed by atoms with E-state index in [9.17, 15) is 0 Å². The lowest BCUT2D eigenvalue weighted by molar-refractivity contribution is 0.381. The summed E-state index contributed by atoms with van der Waals surface area (Å²) in [6.07, 6.45) is 1.11. The van der Waals surface area contributed by atoms with E-state index < -0.39 is 0 Å². The minimum Gasteiger partial charge on any atom is -0.283 e. The zero-order valence-corrected chi connectivity index (χ0v) is 15.1. The number of rotatable bonds is 1. The van der Waals surface area contributed by atoms with Crippen LogP contribution < -0.4 is 0 Å². The van der Waals surface area contributed by atoms with Crippen molar-refractivity contribution in [3.05, 3.63) is 57.3 Å². The number of thiophene rings is 1. The molecule has 116 valence electrons. The van der Waals surface area contributed by atoms with Crippen molar-refractivity contribution < 1.29 is 0 Å². The molecule has 22 heavy (non-hydrogen) atoms. The molecule has 0 N–H and O–H groups in total. The van der Waals surface area contributed by atoms with E-state index in [0.29, 0.717) is 0 Å². The Balaban J connectivity index is 2.16. The molecule has 0 atom stereocenters. The lowest BCUT2D eigenvalue weighted by atomic mass is 9.85. The van der Waals surface area contributed by atoms with Crippen molar-refractivity contribution >= 4 is 17.0 Å². The summed E-state index contributed by atoms with van der Waals surface area (Å²) < 4.78 is 0. The molecular weight excluding hydrogens is 286 g/mol. The van der Waals surface area contributed by atoms with Crippen LogP contribution in [-0.2, 0) is 11.8 Å². The standard InChI is InChI=1S/C20H25NS/c1-19(2,3)16-11-15-12-20(4,5)13-21-17(18(15)22-16)14-9-7-6-8-10-14/h6-11H,12-13H2,1-5H3. The number of aliphatic imine (C=N–C) groups is 1. The van der Waals surface area contributed by atoms with Crippen LogP contribution in [0.3, 0.4) is 0 Å². The van der Waals surface area contributed by atoms with Crippen molar-refractivity contribution in [3.63, 3.8) is 0 Å². The zero-order chi connectivity index (χ0) is 16.0. The molecule has 1 nitrogen and oxygen atoms in total. The average molecular weight is 311 g/mol. The molecule has 1 aromatic heterocycles. The van der Waals surface area contributed by atoms with Crippen molar-refractivity contribution in [2.45, 2.75) is 46.5 Å². The third-order valence-corrected chi connectivity index (χ3v) is 5.75. The SMILES string of the molecule is CC1(C)CN=C(c2ccccc2)c2sc(C(C)(C)C)cc2C1. The molecule has 0 saturated heterocycles. The van der Waals surface area contributed by atoms with Gasteiger partial charge in [-0.15, -0.1) is 11.3 Å². The van der Waals surface area contributed by atoms with E-state index in [0.717, 1.165) is 13.0 Å². The summed E-state index contributed by atoms with van der Waals surface area (Å²) >= 11 is 1.93. The maximum atomic E-state index is 5.01. The van der Waals surface area contributed by atoms with Crippen LogP contribution in [0.15, 0.2) is 41.4 Å². The summed E-state index contributed by atoms with van der Waals surface area (Å²) in [5.74, 6) is 0. The summed E-state index contributed by atoms with van der Waals surface area (Å²) in [7, 11) is 0. The van der Waals surface area contributed by atoms with Gasteiger partial charge in [0, 0.05) is 17.0 Å². The first kappa shape index (κ1) is 15.5. The summed E-state index contributed by atoms with van der Waals surface area (Å²) in [6.45, 7) is 12.4. The second kappa shape index (κ2) is 5.34. The molecule has 2 aromatic rings. The molecule has 0 spiro atoms. The smallest absolute Gasteiger partial charge is 0.0821 e. The lowest BCUT2D eigenvalue weighted by Crippen LogP contribution is -2.17. The molecule has 1 aliphatic heterocycles. The normalized spacial score (nSPS) is 17.6. The lowest BCUT2D eigenvalue weighted by Gasteiger charge is -2.20. The van der Waals surface area contributed by atoms with Gasteiger partial charge < -0.3 is 0 Å². The largest absolute Gasteiger partial charge is 0.283 e. The van der Waals surface area contributed by atoms with Gasteiger partial charge >= 0.3 is 0 Å². The van der Waals surface area contributed by atoms with Crippen molar-refractivity contribution in [2.24, 2.45) is 10.4 Å². The molecule has 0 amide bonds. The second-order valence-electron chi connectivity index (χ2n) is 8.09. The van der Waals surface area contributed by atoms with Crippen LogP contribution in [0.25, 0.3) is 0 Å². The summed E-state index contributed by atoms with van der Waals surface area (Å²) in [5.41, 5.74) is 4.31. The monoisotopic (exact) mass is 311 g/mol. The number of fused-ring (bicyclic) bond motifs is 1. The fraction of sp³-hybridized carbons (Fsp3) is 0.450. The third kappa shape index (κ3) is 3.03. The van der Waals surface area contributed by atoms with Crippen molar-refractivity contribution in [3.8, 4) is 0 Å². The minimum atomic E-state index is 0.197. The Morgan fingerprint density at radius 3 is 2.41 bits per heavy atom. The van der Waals surface area contributed by atoms with Crippen LogP contribution in [0.1, 0.15) is 55.5 Å². The summed E-state index contributed by atoms with van der Waals surface area (Å²) in [4.78, 5) is 7.84. The van der Waals surface area contributed by atoms with Gasteiger partial charge in [-0.05, 0) is 28.9 Å². The van der Waals surface area contributed by atoms with Crippen LogP contribution in [0.5, 0.6) is 0 Å². The van der Waals surface area contributed by atoms with E-state index in [4.69, 9.17) is 4.99 Å². The minimum absolute atomic E-state index is 0.197. The first-order valence-electron chi connectivity index (χ1n) is 8.00. The number of benzene rings is 1. The molecule has 1 aromatic carbocycles. The molecule has 0 unspecified atom stereocenters. The molecule has 2 heterocycles. The predicted molar refractivity (Wildman–Crippen MR) is 97.5 cm³/mol. The van der Waals surface area contributed by atoms with E-state index in [1.807, 2.05) is 11.3 Å². The highest BCUT2D eigenvalue weighted by molar-refractivity contribution is 7.14. The fourth-order valence-electron chi connectivity index (χ4n) is 2.88. The Morgan fingerprint density at radius 1 is 1.09 bits per heavy atom. The first-order valence-corrected chi connectivity index (χ1v) is 8.81. The fourth-order valence-corrected chi connectivity index (χ4v) is 4.15. The maximum Gasteiger partial charge on any atom is 0.0821 e. The van der Waals surface area contributed by atoms with Crippen LogP contribution in [0, 0.1) is 5.41 Å². The highest BCUT2D eigenvalue weighted by Crippen LogP contribution is 2.38. The first-order chi connectivity index (χ1) is 10.3. The molecule has 1 aliphatic rings. The topological polar surface area (TPSA) is 12.4 Å². The number of hydrogen-bond donors (Lipinski definition) is 0. The molecule has 0 bridgehead atoms. The molecule has 0 saturated carbocycles. The van der Waals surface area contributed by atoms with Crippen molar-refractivity contribution in [1.82, 2.24) is 0 Å². The van der Waals surface area contributed by atoms with E-state index >= 15 is 0 Å². The van der Waals surface area contributed by atoms with Gasteiger partial charge in [0.25, 0.3) is 0 Å². The highest BCUT2D eigenvalue weighted by atomic mass is 32.1. The van der Waals surface area contributed by atoms with E-state index in [-0.39, 0.29) is 10.8 Å². The Bertz CT molecular complexity index is 699. The van der Waals surface area contributed by atoms with Gasteiger partial charge in [0.1, 0.15) is 0 Å². The van der Waals surface area contributed by atoms with Crippen LogP contribution in [0.2, 0.25) is 0 Å². The Labute approximate surface area is 138 Å². The molecule has 0 aliphatic carbocycles. The van der Waals surface area contributed by atoms with Crippen LogP contribution in [-0.4, -0.2) is 12.3 Å². The second-order valence-corrected chi connectivity index (χ2v) is 9.14. The highest BCUT2D eigenvalue weighted by Gasteiger charge is 2.29. The summed E-state index contributed by atoms with van der Waals surface area (Å²) in [6, 6.07) is 13.1. The van der Waals surface area contributed by atoms with Crippen LogP contribution >= 0.6 is 11.3 Å². The van der Waals surface area contributed by atoms with Gasteiger partial charge in [-0.25, -0.2) is 0 Å². The van der Waals surface area contributed by atoms with Crippen molar-refractivity contribution in [2.75, 3.05) is 6.54 Å². The van der Waals surface area contributed by atoms with Gasteiger partial charge in [-0.2, -0.15) is 0 Å². The predicted octanol–water partition coefficient (Wildman–Crippen LogP) is 5.47. The third-order valence-electron chi connectivity index (χ3n) is 4.14. The maximum absolute atomic E-state index is 5.01. The molecule has 0 radical (unpaired) electrons. The van der Waals surface area contributed by atoms with E-state index in [2.05, 4.69) is 71.0 Å². The van der Waals surface area contributed by atoms with Gasteiger partial charge in [0.15, 0.2) is 0 Å². The Morgan fingerprint density at radius 2 is 1.77 bits per heavy atom. The summed E-state index contributed by atoms with van der Waals surface area (Å²) in [5, 5.41) is 0. The quantitative estimate of drug-likeness (QED) is 0.662. The van der Waals surface area contributed by atoms with Gasteiger partial charge in [0.2, 0.25) is 0 Å². The van der Waals surface area contributed by atoms with Gasteiger partial charge in [0.05, 0.1) is 10.6 Å². The van der Waals surface area contributed by atoms with Gasteiger partial charge in [-0.1, -0.05) is 65.0 Å². The van der Waals surface area contributed by atoms with Crippen LogP contribution in [0.4, 0.5) is 0 Å². The molecule has 0 fully saturated rings. The Hall–Kier alpha value is -1.41. The van der Waals surface area contributed by atoms with Crippen molar-refractivity contribution in [1.29, 1.82) is 0 Å². The Kier molecular flexibility index (Phi) is 3.76. The molecule has 3 rings (SSSR count). The number of nitrogens with zero attached hydrogens (tertiary/aromatic N) is 1. The number of hydrogen-bond acceptors (Lipinski definition) is 2. The average Bonchev–Trinajstić information content (AvgIpc) is 2.78. The van der Waals surface area contributed by atoms with E-state index in [1.54, 1.807) is 0 Å². The van der Waals surface area contributed by atoms with E-state index in [1.165, 1.54) is 26.6 Å². The van der Waals surface area contributed by atoms with Gasteiger partial charge in [-0.3, -0.25) is 4.99 Å². The molecular formula is C20H25NS. The molecule has 2 heteroatoms. The zero-order valence-electron chi connectivity index (χ0n) is 14.2.